The lowest BCUT2D eigenvalue weighted by atomic mass is 10.1. The van der Waals surface area contributed by atoms with Gasteiger partial charge in [0.2, 0.25) is 0 Å². The van der Waals surface area contributed by atoms with Gasteiger partial charge in [0.05, 0.1) is 4.47 Å². The molecule has 0 aliphatic rings. The van der Waals surface area contributed by atoms with Crippen LogP contribution < -0.4 is 5.32 Å². The van der Waals surface area contributed by atoms with Gasteiger partial charge in [-0.05, 0) is 58.2 Å². The molecule has 0 saturated carbocycles. The lowest BCUT2D eigenvalue weighted by Crippen LogP contribution is -2.18. The number of halogens is 3. The molecule has 2 aromatic rings. The Morgan fingerprint density at radius 3 is 2.74 bits per heavy atom. The highest BCUT2D eigenvalue weighted by Crippen LogP contribution is 2.19. The molecule has 0 bridgehead atoms. The van der Waals surface area contributed by atoms with Crippen molar-refractivity contribution in [3.8, 4) is 0 Å². The summed E-state index contributed by atoms with van der Waals surface area (Å²) in [5.74, 6) is -0.244. The number of nitrogens with one attached hydrogen (secondary N) is 1. The van der Waals surface area contributed by atoms with E-state index >= 15 is 0 Å². The fraction of sp³-hybridized carbons (Fsp3) is 0.200. The van der Waals surface area contributed by atoms with E-state index in [-0.39, 0.29) is 11.9 Å². The molecule has 0 unspecified atom stereocenters. The molecule has 19 heavy (non-hydrogen) atoms. The Bertz CT molecular complexity index is 574. The molecule has 0 fully saturated rings. The lowest BCUT2D eigenvalue weighted by molar-refractivity contribution is 0.572. The van der Waals surface area contributed by atoms with Crippen molar-refractivity contribution in [3.63, 3.8) is 0 Å². The van der Waals surface area contributed by atoms with Gasteiger partial charge in [0, 0.05) is 17.6 Å². The topological polar surface area (TPSA) is 12.0 Å². The van der Waals surface area contributed by atoms with Crippen LogP contribution in [0.25, 0.3) is 0 Å². The van der Waals surface area contributed by atoms with Gasteiger partial charge in [0.1, 0.15) is 5.82 Å². The SMILES string of the molecule is C[C@H](NCc1ccc(F)c(Br)c1)c1cccc(Cl)c1. The first-order valence-electron chi connectivity index (χ1n) is 5.99. The van der Waals surface area contributed by atoms with E-state index in [9.17, 15) is 4.39 Å². The van der Waals surface area contributed by atoms with Crippen molar-refractivity contribution in [3.05, 3.63) is 68.9 Å². The van der Waals surface area contributed by atoms with Crippen molar-refractivity contribution in [1.29, 1.82) is 0 Å². The summed E-state index contributed by atoms with van der Waals surface area (Å²) >= 11 is 9.16. The minimum Gasteiger partial charge on any atom is -0.306 e. The van der Waals surface area contributed by atoms with E-state index in [4.69, 9.17) is 11.6 Å². The third-order valence-corrected chi connectivity index (χ3v) is 3.79. The first kappa shape index (κ1) is 14.5. The van der Waals surface area contributed by atoms with Crippen LogP contribution in [0.4, 0.5) is 4.39 Å². The van der Waals surface area contributed by atoms with Crippen LogP contribution in [0, 0.1) is 5.82 Å². The molecule has 0 aliphatic heterocycles. The van der Waals surface area contributed by atoms with Crippen LogP contribution >= 0.6 is 27.5 Å². The molecule has 4 heteroatoms. The molecule has 1 nitrogen and oxygen atoms in total. The summed E-state index contributed by atoms with van der Waals surface area (Å²) in [6.45, 7) is 2.75. The Morgan fingerprint density at radius 1 is 1.26 bits per heavy atom. The van der Waals surface area contributed by atoms with Crippen molar-refractivity contribution >= 4 is 27.5 Å². The third-order valence-electron chi connectivity index (χ3n) is 2.95. The third kappa shape index (κ3) is 4.03. The van der Waals surface area contributed by atoms with Crippen LogP contribution in [0.3, 0.4) is 0 Å². The van der Waals surface area contributed by atoms with Gasteiger partial charge in [-0.25, -0.2) is 4.39 Å². The average molecular weight is 343 g/mol. The van der Waals surface area contributed by atoms with Gasteiger partial charge in [-0.15, -0.1) is 0 Å². The van der Waals surface area contributed by atoms with Gasteiger partial charge < -0.3 is 5.32 Å². The first-order valence-corrected chi connectivity index (χ1v) is 7.16. The summed E-state index contributed by atoms with van der Waals surface area (Å²) in [6, 6.07) is 13.0. The van der Waals surface area contributed by atoms with Crippen LogP contribution in [0.2, 0.25) is 5.02 Å². The molecule has 0 aromatic heterocycles. The van der Waals surface area contributed by atoms with Gasteiger partial charge >= 0.3 is 0 Å². The maximum Gasteiger partial charge on any atom is 0.137 e. The maximum atomic E-state index is 13.1. The summed E-state index contributed by atoms with van der Waals surface area (Å²) in [5, 5.41) is 4.12. The summed E-state index contributed by atoms with van der Waals surface area (Å²) in [6.07, 6.45) is 0. The van der Waals surface area contributed by atoms with E-state index < -0.39 is 0 Å². The lowest BCUT2D eigenvalue weighted by Gasteiger charge is -2.14. The molecule has 2 aromatic carbocycles. The molecular formula is C15H14BrClFN. The fourth-order valence-electron chi connectivity index (χ4n) is 1.81. The Kier molecular flexibility index (Phi) is 4.97. The molecule has 0 radical (unpaired) electrons. The van der Waals surface area contributed by atoms with Crippen molar-refractivity contribution in [2.45, 2.75) is 19.5 Å². The van der Waals surface area contributed by atoms with Crippen molar-refractivity contribution in [1.82, 2.24) is 5.32 Å². The molecule has 1 N–H and O–H groups in total. The Morgan fingerprint density at radius 2 is 2.05 bits per heavy atom. The number of hydrogen-bond acceptors (Lipinski definition) is 1. The monoisotopic (exact) mass is 341 g/mol. The Balaban J connectivity index is 2.00. The quantitative estimate of drug-likeness (QED) is 0.816. The second kappa shape index (κ2) is 6.51. The van der Waals surface area contributed by atoms with Gasteiger partial charge in [0.25, 0.3) is 0 Å². The predicted molar refractivity (Wildman–Crippen MR) is 80.8 cm³/mol. The largest absolute Gasteiger partial charge is 0.306 e. The predicted octanol–water partition coefficient (Wildman–Crippen LogP) is 5.09. The van der Waals surface area contributed by atoms with Crippen molar-refractivity contribution in [2.24, 2.45) is 0 Å². The van der Waals surface area contributed by atoms with Gasteiger partial charge in [-0.1, -0.05) is 29.8 Å². The molecule has 1 atom stereocenters. The van der Waals surface area contributed by atoms with Gasteiger partial charge in [-0.2, -0.15) is 0 Å². The van der Waals surface area contributed by atoms with Crippen LogP contribution in [0.15, 0.2) is 46.9 Å². The van der Waals surface area contributed by atoms with E-state index in [1.807, 2.05) is 24.3 Å². The summed E-state index contributed by atoms with van der Waals surface area (Å²) in [7, 11) is 0. The van der Waals surface area contributed by atoms with E-state index in [1.165, 1.54) is 6.07 Å². The second-order valence-electron chi connectivity index (χ2n) is 4.41. The van der Waals surface area contributed by atoms with Gasteiger partial charge in [-0.3, -0.25) is 0 Å². The zero-order valence-corrected chi connectivity index (χ0v) is 12.8. The average Bonchev–Trinajstić information content (AvgIpc) is 2.40. The molecule has 0 spiro atoms. The summed E-state index contributed by atoms with van der Waals surface area (Å²) in [5.41, 5.74) is 2.16. The minimum absolute atomic E-state index is 0.183. The highest BCUT2D eigenvalue weighted by atomic mass is 79.9. The zero-order valence-electron chi connectivity index (χ0n) is 10.5. The number of rotatable bonds is 4. The molecular weight excluding hydrogens is 329 g/mol. The smallest absolute Gasteiger partial charge is 0.137 e. The normalized spacial score (nSPS) is 12.4. The van der Waals surface area contributed by atoms with Crippen molar-refractivity contribution in [2.75, 3.05) is 0 Å². The van der Waals surface area contributed by atoms with Crippen LogP contribution in [0.1, 0.15) is 24.1 Å². The van der Waals surface area contributed by atoms with Crippen LogP contribution in [-0.4, -0.2) is 0 Å². The maximum absolute atomic E-state index is 13.1. The number of benzene rings is 2. The first-order chi connectivity index (χ1) is 9.06. The van der Waals surface area contributed by atoms with E-state index in [2.05, 4.69) is 28.2 Å². The molecule has 0 saturated heterocycles. The molecule has 2 rings (SSSR count). The summed E-state index contributed by atoms with van der Waals surface area (Å²) < 4.78 is 13.6. The fourth-order valence-corrected chi connectivity index (χ4v) is 2.44. The van der Waals surface area contributed by atoms with E-state index in [0.29, 0.717) is 11.0 Å². The number of hydrogen-bond donors (Lipinski definition) is 1. The highest BCUT2D eigenvalue weighted by molar-refractivity contribution is 9.10. The molecule has 100 valence electrons. The zero-order chi connectivity index (χ0) is 13.8. The molecule has 0 heterocycles. The van der Waals surface area contributed by atoms with Crippen LogP contribution in [-0.2, 0) is 6.54 Å². The van der Waals surface area contributed by atoms with Crippen molar-refractivity contribution < 1.29 is 4.39 Å². The van der Waals surface area contributed by atoms with E-state index in [0.717, 1.165) is 16.1 Å². The van der Waals surface area contributed by atoms with Gasteiger partial charge in [0.15, 0.2) is 0 Å². The second-order valence-corrected chi connectivity index (χ2v) is 5.70. The van der Waals surface area contributed by atoms with Crippen LogP contribution in [0.5, 0.6) is 0 Å². The Labute approximate surface area is 125 Å². The van der Waals surface area contributed by atoms with E-state index in [1.54, 1.807) is 12.1 Å². The Hall–Kier alpha value is -0.900. The summed E-state index contributed by atoms with van der Waals surface area (Å²) in [4.78, 5) is 0. The minimum atomic E-state index is -0.244. The standard InChI is InChI=1S/C15H14BrClFN/c1-10(12-3-2-4-13(17)8-12)19-9-11-5-6-15(18)14(16)7-11/h2-8,10,19H,9H2,1H3/t10-/m0/s1. The molecule has 0 amide bonds. The highest BCUT2D eigenvalue weighted by Gasteiger charge is 2.06. The molecule has 0 aliphatic carbocycles.